The molecule has 1 fully saturated rings. The molecular weight excluding hydrogens is 264 g/mol. The highest BCUT2D eigenvalue weighted by molar-refractivity contribution is 5.94. The van der Waals surface area contributed by atoms with Gasteiger partial charge in [-0.15, -0.1) is 0 Å². The molecule has 0 radical (unpaired) electrons. The molecule has 108 valence electrons. The molecule has 2 rings (SSSR count). The van der Waals surface area contributed by atoms with Crippen molar-refractivity contribution in [3.05, 3.63) is 24.0 Å². The fraction of sp³-hybridized carbons (Fsp3) is 0.462. The zero-order chi connectivity index (χ0) is 14.4. The zero-order valence-corrected chi connectivity index (χ0v) is 10.9. The number of aliphatic carboxylic acids is 1. The normalized spacial score (nSPS) is 15.6. The number of aromatic nitrogens is 1. The van der Waals surface area contributed by atoms with Crippen molar-refractivity contribution >= 4 is 11.9 Å². The molecule has 0 unspecified atom stereocenters. The first-order valence-corrected chi connectivity index (χ1v) is 6.35. The van der Waals surface area contributed by atoms with Crippen molar-refractivity contribution in [2.75, 3.05) is 19.8 Å². The van der Waals surface area contributed by atoms with Gasteiger partial charge in [-0.2, -0.15) is 0 Å². The minimum Gasteiger partial charge on any atom is -0.489 e. The van der Waals surface area contributed by atoms with Crippen LogP contribution in [0, 0.1) is 0 Å². The molecule has 2 heterocycles. The smallest absolute Gasteiger partial charge is 0.322 e. The van der Waals surface area contributed by atoms with E-state index in [4.69, 9.17) is 14.6 Å². The highest BCUT2D eigenvalue weighted by Gasteiger charge is 2.16. The first kappa shape index (κ1) is 14.3. The number of nitrogens with one attached hydrogen (secondary N) is 1. The van der Waals surface area contributed by atoms with Crippen LogP contribution in [-0.4, -0.2) is 47.8 Å². The number of rotatable bonds is 5. The van der Waals surface area contributed by atoms with E-state index < -0.39 is 18.4 Å². The number of ether oxygens (including phenoxy) is 2. The minimum atomic E-state index is -1.10. The van der Waals surface area contributed by atoms with Crippen molar-refractivity contribution in [2.24, 2.45) is 0 Å². The molecule has 1 aliphatic rings. The maximum atomic E-state index is 11.6. The van der Waals surface area contributed by atoms with Crippen molar-refractivity contribution < 1.29 is 24.2 Å². The van der Waals surface area contributed by atoms with Crippen LogP contribution >= 0.6 is 0 Å². The summed E-state index contributed by atoms with van der Waals surface area (Å²) in [6, 6.07) is 3.16. The highest BCUT2D eigenvalue weighted by Crippen LogP contribution is 2.17. The van der Waals surface area contributed by atoms with Crippen LogP contribution in [0.4, 0.5) is 0 Å². The molecule has 7 nitrogen and oxygen atoms in total. The van der Waals surface area contributed by atoms with E-state index in [1.807, 2.05) is 0 Å². The molecule has 2 N–H and O–H groups in total. The Balaban J connectivity index is 1.88. The third-order valence-corrected chi connectivity index (χ3v) is 2.84. The molecule has 0 aliphatic carbocycles. The van der Waals surface area contributed by atoms with Gasteiger partial charge in [-0.25, -0.2) is 4.98 Å². The van der Waals surface area contributed by atoms with E-state index in [0.717, 1.165) is 12.8 Å². The Hall–Kier alpha value is -2.15. The summed E-state index contributed by atoms with van der Waals surface area (Å²) in [7, 11) is 0. The minimum absolute atomic E-state index is 0.109. The maximum absolute atomic E-state index is 11.6. The molecule has 0 atom stereocenters. The molecular formula is C13H16N2O5. The third kappa shape index (κ3) is 4.20. The van der Waals surface area contributed by atoms with Crippen LogP contribution in [0.5, 0.6) is 5.75 Å². The number of carboxylic acid groups (broad SMARTS) is 1. The molecule has 1 aromatic rings. The van der Waals surface area contributed by atoms with E-state index in [1.165, 1.54) is 12.3 Å². The SMILES string of the molecule is O=C(O)CNC(=O)c1ccc(OC2CCOCC2)cn1. The largest absolute Gasteiger partial charge is 0.489 e. The summed E-state index contributed by atoms with van der Waals surface area (Å²) in [5.41, 5.74) is 0.158. The van der Waals surface area contributed by atoms with Gasteiger partial charge in [0.15, 0.2) is 0 Å². The van der Waals surface area contributed by atoms with Crippen molar-refractivity contribution in [3.8, 4) is 5.75 Å². The summed E-state index contributed by atoms with van der Waals surface area (Å²) in [5.74, 6) is -1.03. The molecule has 0 aromatic carbocycles. The average Bonchev–Trinajstić information content (AvgIpc) is 2.46. The molecule has 1 saturated heterocycles. The van der Waals surface area contributed by atoms with Gasteiger partial charge in [-0.3, -0.25) is 9.59 Å². The van der Waals surface area contributed by atoms with Gasteiger partial charge in [0.1, 0.15) is 24.1 Å². The van der Waals surface area contributed by atoms with Gasteiger partial charge in [0, 0.05) is 12.8 Å². The summed E-state index contributed by atoms with van der Waals surface area (Å²) in [5, 5.41) is 10.7. The van der Waals surface area contributed by atoms with Gasteiger partial charge in [0.2, 0.25) is 0 Å². The molecule has 0 saturated carbocycles. The Kier molecular flexibility index (Phi) is 4.89. The Bertz CT molecular complexity index is 468. The van der Waals surface area contributed by atoms with E-state index in [-0.39, 0.29) is 11.8 Å². The Labute approximate surface area is 115 Å². The standard InChI is InChI=1S/C13H16N2O5/c16-12(17)8-15-13(18)11-2-1-10(7-14-11)20-9-3-5-19-6-4-9/h1-2,7,9H,3-6,8H2,(H,15,18)(H,16,17). The van der Waals surface area contributed by atoms with Crippen LogP contribution in [0.25, 0.3) is 0 Å². The predicted octanol–water partition coefficient (Wildman–Crippen LogP) is 0.454. The first-order valence-electron chi connectivity index (χ1n) is 6.35. The monoisotopic (exact) mass is 280 g/mol. The lowest BCUT2D eigenvalue weighted by atomic mass is 10.1. The van der Waals surface area contributed by atoms with Gasteiger partial charge in [-0.1, -0.05) is 0 Å². The van der Waals surface area contributed by atoms with Gasteiger partial charge >= 0.3 is 5.97 Å². The second kappa shape index (κ2) is 6.85. The second-order valence-electron chi connectivity index (χ2n) is 4.39. The van der Waals surface area contributed by atoms with Crippen molar-refractivity contribution in [2.45, 2.75) is 18.9 Å². The molecule has 0 bridgehead atoms. The fourth-order valence-electron chi connectivity index (χ4n) is 1.82. The van der Waals surface area contributed by atoms with Crippen molar-refractivity contribution in [1.82, 2.24) is 10.3 Å². The summed E-state index contributed by atoms with van der Waals surface area (Å²) >= 11 is 0. The molecule has 0 spiro atoms. The number of hydrogen-bond acceptors (Lipinski definition) is 5. The molecule has 1 aliphatic heterocycles. The van der Waals surface area contributed by atoms with Gasteiger partial charge in [0.25, 0.3) is 5.91 Å². The summed E-state index contributed by atoms with van der Waals surface area (Å²) in [6.45, 7) is 0.947. The second-order valence-corrected chi connectivity index (χ2v) is 4.39. The van der Waals surface area contributed by atoms with E-state index in [1.54, 1.807) is 6.07 Å². The van der Waals surface area contributed by atoms with Gasteiger partial charge in [-0.05, 0) is 12.1 Å². The van der Waals surface area contributed by atoms with E-state index in [2.05, 4.69) is 10.3 Å². The summed E-state index contributed by atoms with van der Waals surface area (Å²) in [6.07, 6.45) is 3.24. The Morgan fingerprint density at radius 3 is 2.75 bits per heavy atom. The number of nitrogens with zero attached hydrogens (tertiary/aromatic N) is 1. The Morgan fingerprint density at radius 2 is 2.15 bits per heavy atom. The maximum Gasteiger partial charge on any atom is 0.322 e. The van der Waals surface area contributed by atoms with Crippen LogP contribution in [0.3, 0.4) is 0 Å². The molecule has 7 heteroatoms. The van der Waals surface area contributed by atoms with Gasteiger partial charge in [0.05, 0.1) is 19.4 Å². The van der Waals surface area contributed by atoms with Crippen molar-refractivity contribution in [3.63, 3.8) is 0 Å². The lowest BCUT2D eigenvalue weighted by Crippen LogP contribution is -2.30. The van der Waals surface area contributed by atoms with Crippen LogP contribution in [0.2, 0.25) is 0 Å². The topological polar surface area (TPSA) is 97.8 Å². The number of carbonyl (C=O) groups excluding carboxylic acids is 1. The third-order valence-electron chi connectivity index (χ3n) is 2.84. The summed E-state index contributed by atoms with van der Waals surface area (Å²) in [4.78, 5) is 25.9. The first-order chi connectivity index (χ1) is 9.65. The van der Waals surface area contributed by atoms with E-state index in [0.29, 0.717) is 19.0 Å². The van der Waals surface area contributed by atoms with Crippen LogP contribution in [0.15, 0.2) is 18.3 Å². The lowest BCUT2D eigenvalue weighted by molar-refractivity contribution is -0.135. The van der Waals surface area contributed by atoms with Crippen molar-refractivity contribution in [1.29, 1.82) is 0 Å². The number of carboxylic acids is 1. The summed E-state index contributed by atoms with van der Waals surface area (Å²) < 4.78 is 11.0. The highest BCUT2D eigenvalue weighted by atomic mass is 16.5. The fourth-order valence-corrected chi connectivity index (χ4v) is 1.82. The van der Waals surface area contributed by atoms with Crippen LogP contribution in [-0.2, 0) is 9.53 Å². The number of hydrogen-bond donors (Lipinski definition) is 2. The number of carbonyl (C=O) groups is 2. The zero-order valence-electron chi connectivity index (χ0n) is 10.9. The molecule has 1 aromatic heterocycles. The molecule has 1 amide bonds. The Morgan fingerprint density at radius 1 is 1.40 bits per heavy atom. The van der Waals surface area contributed by atoms with E-state index in [9.17, 15) is 9.59 Å². The van der Waals surface area contributed by atoms with Crippen LogP contribution in [0.1, 0.15) is 23.3 Å². The van der Waals surface area contributed by atoms with Crippen LogP contribution < -0.4 is 10.1 Å². The van der Waals surface area contributed by atoms with E-state index >= 15 is 0 Å². The number of amides is 1. The van der Waals surface area contributed by atoms with Gasteiger partial charge < -0.3 is 19.9 Å². The average molecular weight is 280 g/mol. The molecule has 20 heavy (non-hydrogen) atoms. The lowest BCUT2D eigenvalue weighted by Gasteiger charge is -2.23. The number of pyridine rings is 1. The quantitative estimate of drug-likeness (QED) is 0.813. The predicted molar refractivity (Wildman–Crippen MR) is 68.7 cm³/mol.